The number of thiophene rings is 1. The predicted molar refractivity (Wildman–Crippen MR) is 72.8 cm³/mol. The van der Waals surface area contributed by atoms with Crippen molar-refractivity contribution >= 4 is 33.0 Å². The number of likely N-dealkylation sites (N-methyl/N-ethyl adjacent to an activating group) is 1. The van der Waals surface area contributed by atoms with Crippen molar-refractivity contribution in [2.75, 3.05) is 20.3 Å². The van der Waals surface area contributed by atoms with E-state index in [4.69, 9.17) is 16.3 Å². The summed E-state index contributed by atoms with van der Waals surface area (Å²) in [6, 6.07) is 1.61. The molecule has 1 saturated heterocycles. The average Bonchev–Trinajstić information content (AvgIpc) is 2.96. The minimum Gasteiger partial charge on any atom is -0.380 e. The summed E-state index contributed by atoms with van der Waals surface area (Å²) in [7, 11) is -1.82. The highest BCUT2D eigenvalue weighted by Gasteiger charge is 2.32. The van der Waals surface area contributed by atoms with E-state index in [2.05, 4.69) is 0 Å². The van der Waals surface area contributed by atoms with Gasteiger partial charge in [-0.15, -0.1) is 22.9 Å². The molecule has 1 fully saturated rings. The Morgan fingerprint density at radius 1 is 1.61 bits per heavy atom. The van der Waals surface area contributed by atoms with E-state index < -0.39 is 10.0 Å². The molecule has 0 bridgehead atoms. The minimum absolute atomic E-state index is 0.0613. The fourth-order valence-corrected chi connectivity index (χ4v) is 5.07. The predicted octanol–water partition coefficient (Wildman–Crippen LogP) is 2.20. The van der Waals surface area contributed by atoms with E-state index in [0.29, 0.717) is 24.0 Å². The summed E-state index contributed by atoms with van der Waals surface area (Å²) in [6.07, 6.45) is 0.751. The lowest BCUT2D eigenvalue weighted by Gasteiger charge is -2.22. The summed E-state index contributed by atoms with van der Waals surface area (Å²) < 4.78 is 31.7. The molecule has 0 amide bonds. The van der Waals surface area contributed by atoms with Gasteiger partial charge in [0.25, 0.3) is 0 Å². The Bertz CT molecular complexity index is 520. The Hall–Kier alpha value is -0.140. The van der Waals surface area contributed by atoms with Crippen LogP contribution in [-0.4, -0.2) is 39.0 Å². The number of ether oxygens (including phenoxy) is 1. The van der Waals surface area contributed by atoms with Gasteiger partial charge in [-0.05, 0) is 19.4 Å². The number of sulfonamides is 1. The molecule has 0 aromatic carbocycles. The van der Waals surface area contributed by atoms with E-state index in [-0.39, 0.29) is 6.04 Å². The first-order chi connectivity index (χ1) is 8.46. The van der Waals surface area contributed by atoms with Crippen LogP contribution in [0.2, 0.25) is 0 Å². The third-order valence-corrected chi connectivity index (χ3v) is 6.79. The van der Waals surface area contributed by atoms with Crippen LogP contribution in [0, 0.1) is 6.92 Å². The van der Waals surface area contributed by atoms with Crippen molar-refractivity contribution in [2.45, 2.75) is 30.2 Å². The molecule has 18 heavy (non-hydrogen) atoms. The van der Waals surface area contributed by atoms with Gasteiger partial charge < -0.3 is 4.74 Å². The van der Waals surface area contributed by atoms with E-state index >= 15 is 0 Å². The molecule has 1 aliphatic rings. The van der Waals surface area contributed by atoms with Gasteiger partial charge in [0.05, 0.1) is 23.4 Å². The monoisotopic (exact) mass is 309 g/mol. The summed E-state index contributed by atoms with van der Waals surface area (Å²) in [4.78, 5) is 2.04. The van der Waals surface area contributed by atoms with Gasteiger partial charge >= 0.3 is 0 Å². The van der Waals surface area contributed by atoms with Crippen LogP contribution in [0.3, 0.4) is 0 Å². The van der Waals surface area contributed by atoms with E-state index in [0.717, 1.165) is 16.2 Å². The van der Waals surface area contributed by atoms with Crippen LogP contribution in [0.4, 0.5) is 0 Å². The van der Waals surface area contributed by atoms with Gasteiger partial charge in [0, 0.05) is 23.4 Å². The molecule has 1 aromatic rings. The third kappa shape index (κ3) is 2.58. The molecule has 1 atom stereocenters. The van der Waals surface area contributed by atoms with Crippen LogP contribution >= 0.6 is 22.9 Å². The lowest BCUT2D eigenvalue weighted by atomic mass is 10.3. The van der Waals surface area contributed by atoms with Crippen LogP contribution in [-0.2, 0) is 20.6 Å². The number of alkyl halides is 1. The standard InChI is InChI=1S/C11H16ClNO3S2/c1-8-11(5-10(6-12)17-8)18(14,15)13(2)9-3-4-16-7-9/h5,9H,3-4,6-7H2,1-2H3. The second kappa shape index (κ2) is 5.46. The van der Waals surface area contributed by atoms with E-state index in [1.54, 1.807) is 13.1 Å². The molecule has 7 heteroatoms. The second-order valence-corrected chi connectivity index (χ2v) is 7.88. The Balaban J connectivity index is 2.31. The van der Waals surface area contributed by atoms with Gasteiger partial charge in [0.15, 0.2) is 0 Å². The van der Waals surface area contributed by atoms with Gasteiger partial charge in [-0.1, -0.05) is 0 Å². The van der Waals surface area contributed by atoms with Crippen LogP contribution in [0.5, 0.6) is 0 Å². The molecule has 2 heterocycles. The fourth-order valence-electron chi connectivity index (χ4n) is 2.01. The first kappa shape index (κ1) is 14.3. The minimum atomic E-state index is -3.44. The van der Waals surface area contributed by atoms with Gasteiger partial charge in [-0.25, -0.2) is 8.42 Å². The zero-order valence-corrected chi connectivity index (χ0v) is 12.7. The maximum Gasteiger partial charge on any atom is 0.244 e. The van der Waals surface area contributed by atoms with Gasteiger partial charge in [-0.3, -0.25) is 0 Å². The van der Waals surface area contributed by atoms with E-state index in [1.807, 2.05) is 6.92 Å². The third-order valence-electron chi connectivity index (χ3n) is 3.13. The number of halogens is 1. The maximum atomic E-state index is 12.5. The van der Waals surface area contributed by atoms with Crippen LogP contribution in [0.1, 0.15) is 16.2 Å². The van der Waals surface area contributed by atoms with Gasteiger partial charge in [0.2, 0.25) is 10.0 Å². The Morgan fingerprint density at radius 3 is 2.83 bits per heavy atom. The molecule has 102 valence electrons. The number of nitrogens with zero attached hydrogens (tertiary/aromatic N) is 1. The molecular formula is C11H16ClNO3S2. The molecule has 0 radical (unpaired) electrons. The zero-order chi connectivity index (χ0) is 13.3. The summed E-state index contributed by atoms with van der Waals surface area (Å²) in [5, 5.41) is 0. The summed E-state index contributed by atoms with van der Waals surface area (Å²) in [5.74, 6) is 0.345. The summed E-state index contributed by atoms with van der Waals surface area (Å²) >= 11 is 7.18. The molecule has 4 nitrogen and oxygen atoms in total. The fraction of sp³-hybridized carbons (Fsp3) is 0.636. The quantitative estimate of drug-likeness (QED) is 0.801. The van der Waals surface area contributed by atoms with Crippen molar-refractivity contribution in [2.24, 2.45) is 0 Å². The second-order valence-electron chi connectivity index (χ2n) is 4.31. The highest BCUT2D eigenvalue weighted by atomic mass is 35.5. The molecular weight excluding hydrogens is 294 g/mol. The van der Waals surface area contributed by atoms with Gasteiger partial charge in [0.1, 0.15) is 0 Å². The maximum absolute atomic E-state index is 12.5. The van der Waals surface area contributed by atoms with E-state index in [1.165, 1.54) is 15.6 Å². The lowest BCUT2D eigenvalue weighted by molar-refractivity contribution is 0.181. The first-order valence-electron chi connectivity index (χ1n) is 5.68. The molecule has 1 aliphatic heterocycles. The van der Waals surface area contributed by atoms with Crippen molar-refractivity contribution in [3.8, 4) is 0 Å². The molecule has 0 saturated carbocycles. The number of rotatable bonds is 4. The largest absolute Gasteiger partial charge is 0.380 e. The molecule has 1 unspecified atom stereocenters. The van der Waals surface area contributed by atoms with Crippen LogP contribution in [0.25, 0.3) is 0 Å². The first-order valence-corrected chi connectivity index (χ1v) is 8.47. The van der Waals surface area contributed by atoms with Crippen molar-refractivity contribution in [3.63, 3.8) is 0 Å². The lowest BCUT2D eigenvalue weighted by Crippen LogP contribution is -2.37. The SMILES string of the molecule is Cc1sc(CCl)cc1S(=O)(=O)N(C)C1CCOC1. The summed E-state index contributed by atoms with van der Waals surface area (Å²) in [5.41, 5.74) is 0. The van der Waals surface area contributed by atoms with Crippen LogP contribution in [0.15, 0.2) is 11.0 Å². The highest BCUT2D eigenvalue weighted by Crippen LogP contribution is 2.30. The molecule has 1 aromatic heterocycles. The molecule has 0 N–H and O–H groups in total. The Morgan fingerprint density at radius 2 is 2.33 bits per heavy atom. The van der Waals surface area contributed by atoms with E-state index in [9.17, 15) is 8.42 Å². The van der Waals surface area contributed by atoms with Crippen molar-refractivity contribution in [1.82, 2.24) is 4.31 Å². The summed E-state index contributed by atoms with van der Waals surface area (Å²) in [6.45, 7) is 2.91. The number of aryl methyl sites for hydroxylation is 1. The molecule has 2 rings (SSSR count). The molecule has 0 spiro atoms. The number of hydrogen-bond acceptors (Lipinski definition) is 4. The number of hydrogen-bond donors (Lipinski definition) is 0. The molecule has 0 aliphatic carbocycles. The van der Waals surface area contributed by atoms with Crippen molar-refractivity contribution in [3.05, 3.63) is 15.8 Å². The van der Waals surface area contributed by atoms with Crippen LogP contribution < -0.4 is 0 Å². The smallest absolute Gasteiger partial charge is 0.244 e. The Kier molecular flexibility index (Phi) is 4.33. The van der Waals surface area contributed by atoms with Gasteiger partial charge in [-0.2, -0.15) is 4.31 Å². The van der Waals surface area contributed by atoms with Crippen molar-refractivity contribution < 1.29 is 13.2 Å². The highest BCUT2D eigenvalue weighted by molar-refractivity contribution is 7.89. The van der Waals surface area contributed by atoms with Crippen molar-refractivity contribution in [1.29, 1.82) is 0 Å². The normalized spacial score (nSPS) is 20.8. The Labute approximate surface area is 117 Å². The average molecular weight is 310 g/mol. The zero-order valence-electron chi connectivity index (χ0n) is 10.3. The topological polar surface area (TPSA) is 46.6 Å².